The van der Waals surface area contributed by atoms with Crippen LogP contribution >= 0.6 is 22.9 Å². The smallest absolute Gasteiger partial charge is 0.245 e. The summed E-state index contributed by atoms with van der Waals surface area (Å²) in [5.41, 5.74) is 0.843. The van der Waals surface area contributed by atoms with Crippen molar-refractivity contribution in [1.29, 1.82) is 0 Å². The van der Waals surface area contributed by atoms with E-state index >= 15 is 0 Å². The Morgan fingerprint density at radius 3 is 2.89 bits per heavy atom. The van der Waals surface area contributed by atoms with E-state index in [0.29, 0.717) is 36.7 Å². The SMILES string of the molecule is COc1ccc(Cl)cc1CN(C)C(=O)C1CCCN1C(=O)Cc1cccs1. The fourth-order valence-corrected chi connectivity index (χ4v) is 4.33. The molecule has 0 spiro atoms. The summed E-state index contributed by atoms with van der Waals surface area (Å²) in [6.45, 7) is 1.01. The average molecular weight is 407 g/mol. The standard InChI is InChI=1S/C20H23ClN2O3S/c1-22(13-14-11-15(21)7-8-18(14)26-2)20(25)17-6-3-9-23(17)19(24)12-16-5-4-10-27-16/h4-5,7-8,10-11,17H,3,6,9,12-13H2,1-2H3. The van der Waals surface area contributed by atoms with Crippen LogP contribution in [-0.4, -0.2) is 48.4 Å². The Morgan fingerprint density at radius 2 is 2.19 bits per heavy atom. The molecule has 2 aromatic rings. The molecule has 1 saturated heterocycles. The van der Waals surface area contributed by atoms with Gasteiger partial charge in [-0.3, -0.25) is 9.59 Å². The van der Waals surface area contributed by atoms with Gasteiger partial charge in [-0.25, -0.2) is 0 Å². The summed E-state index contributed by atoms with van der Waals surface area (Å²) in [5, 5.41) is 2.56. The molecule has 1 aliphatic heterocycles. The van der Waals surface area contributed by atoms with Crippen LogP contribution in [0.5, 0.6) is 5.75 Å². The number of ether oxygens (including phenoxy) is 1. The molecule has 0 saturated carbocycles. The minimum atomic E-state index is -0.396. The number of hydrogen-bond acceptors (Lipinski definition) is 4. The Hall–Kier alpha value is -2.05. The fraction of sp³-hybridized carbons (Fsp3) is 0.400. The van der Waals surface area contributed by atoms with Gasteiger partial charge >= 0.3 is 0 Å². The molecular formula is C20H23ClN2O3S. The Labute approximate surface area is 168 Å². The number of halogens is 1. The highest BCUT2D eigenvalue weighted by molar-refractivity contribution is 7.10. The number of likely N-dealkylation sites (N-methyl/N-ethyl adjacent to an activating group) is 1. The lowest BCUT2D eigenvalue weighted by Crippen LogP contribution is -2.46. The molecule has 2 heterocycles. The van der Waals surface area contributed by atoms with Gasteiger partial charge in [-0.05, 0) is 42.5 Å². The minimum Gasteiger partial charge on any atom is -0.496 e. The maximum absolute atomic E-state index is 13.0. The third-order valence-electron chi connectivity index (χ3n) is 4.79. The Balaban J connectivity index is 1.68. The van der Waals surface area contributed by atoms with E-state index in [2.05, 4.69) is 0 Å². The molecule has 0 aliphatic carbocycles. The second-order valence-corrected chi connectivity index (χ2v) is 8.12. The summed E-state index contributed by atoms with van der Waals surface area (Å²) in [6.07, 6.45) is 1.90. The Morgan fingerprint density at radius 1 is 1.37 bits per heavy atom. The van der Waals surface area contributed by atoms with Crippen LogP contribution in [0.25, 0.3) is 0 Å². The van der Waals surface area contributed by atoms with Gasteiger partial charge in [0.15, 0.2) is 0 Å². The first kappa shape index (κ1) is 19.7. The van der Waals surface area contributed by atoms with Crippen LogP contribution in [0, 0.1) is 0 Å². The van der Waals surface area contributed by atoms with E-state index in [4.69, 9.17) is 16.3 Å². The first-order valence-electron chi connectivity index (χ1n) is 8.89. The monoisotopic (exact) mass is 406 g/mol. The van der Waals surface area contributed by atoms with E-state index in [1.807, 2.05) is 17.5 Å². The van der Waals surface area contributed by atoms with Gasteiger partial charge in [0, 0.05) is 35.6 Å². The predicted octanol–water partition coefficient (Wildman–Crippen LogP) is 3.60. The summed E-state index contributed by atoms with van der Waals surface area (Å²) >= 11 is 7.65. The van der Waals surface area contributed by atoms with Gasteiger partial charge in [0.1, 0.15) is 11.8 Å². The van der Waals surface area contributed by atoms with Crippen molar-refractivity contribution in [2.24, 2.45) is 0 Å². The van der Waals surface area contributed by atoms with Crippen LogP contribution in [-0.2, 0) is 22.6 Å². The molecule has 1 atom stereocenters. The predicted molar refractivity (Wildman–Crippen MR) is 107 cm³/mol. The van der Waals surface area contributed by atoms with E-state index in [-0.39, 0.29) is 11.8 Å². The van der Waals surface area contributed by atoms with Crippen molar-refractivity contribution >= 4 is 34.8 Å². The summed E-state index contributed by atoms with van der Waals surface area (Å²) in [4.78, 5) is 30.1. The van der Waals surface area contributed by atoms with E-state index in [9.17, 15) is 9.59 Å². The first-order valence-corrected chi connectivity index (χ1v) is 10.1. The molecule has 1 aromatic carbocycles. The van der Waals surface area contributed by atoms with Gasteiger partial charge in [0.2, 0.25) is 11.8 Å². The third kappa shape index (κ3) is 4.62. The van der Waals surface area contributed by atoms with E-state index in [1.54, 1.807) is 53.5 Å². The molecule has 0 bridgehead atoms. The molecule has 0 N–H and O–H groups in total. The minimum absolute atomic E-state index is 0.0158. The zero-order valence-corrected chi connectivity index (χ0v) is 17.1. The van der Waals surface area contributed by atoms with Crippen molar-refractivity contribution in [3.63, 3.8) is 0 Å². The van der Waals surface area contributed by atoms with Gasteiger partial charge in [-0.15, -0.1) is 11.3 Å². The van der Waals surface area contributed by atoms with E-state index in [1.165, 1.54) is 0 Å². The quantitative estimate of drug-likeness (QED) is 0.736. The Kier molecular flexibility index (Phi) is 6.39. The summed E-state index contributed by atoms with van der Waals surface area (Å²) in [5.74, 6) is 0.659. The normalized spacial score (nSPS) is 16.4. The zero-order valence-electron chi connectivity index (χ0n) is 15.5. The number of methoxy groups -OCH3 is 1. The van der Waals surface area contributed by atoms with E-state index < -0.39 is 6.04 Å². The zero-order chi connectivity index (χ0) is 19.4. The van der Waals surface area contributed by atoms with Gasteiger partial charge < -0.3 is 14.5 Å². The maximum atomic E-state index is 13.0. The fourth-order valence-electron chi connectivity index (χ4n) is 3.44. The molecule has 27 heavy (non-hydrogen) atoms. The van der Waals surface area contributed by atoms with Crippen molar-refractivity contribution in [2.45, 2.75) is 31.8 Å². The van der Waals surface area contributed by atoms with Gasteiger partial charge in [-0.1, -0.05) is 17.7 Å². The molecular weight excluding hydrogens is 384 g/mol. The number of hydrogen-bond donors (Lipinski definition) is 0. The number of benzene rings is 1. The number of carbonyl (C=O) groups excluding carboxylic acids is 2. The van der Waals surface area contributed by atoms with Crippen molar-refractivity contribution in [3.05, 3.63) is 51.2 Å². The van der Waals surface area contributed by atoms with Crippen LogP contribution in [0.4, 0.5) is 0 Å². The van der Waals surface area contributed by atoms with Crippen LogP contribution in [0.3, 0.4) is 0 Å². The first-order chi connectivity index (χ1) is 13.0. The lowest BCUT2D eigenvalue weighted by Gasteiger charge is -2.28. The molecule has 5 nitrogen and oxygen atoms in total. The highest BCUT2D eigenvalue weighted by Gasteiger charge is 2.35. The number of likely N-dealkylation sites (tertiary alicyclic amines) is 1. The number of carbonyl (C=O) groups is 2. The lowest BCUT2D eigenvalue weighted by atomic mass is 10.1. The van der Waals surface area contributed by atoms with Gasteiger partial charge in [-0.2, -0.15) is 0 Å². The molecule has 2 amide bonds. The molecule has 3 rings (SSSR count). The van der Waals surface area contributed by atoms with Crippen molar-refractivity contribution < 1.29 is 14.3 Å². The molecule has 0 radical (unpaired) electrons. The Bertz CT molecular complexity index is 810. The van der Waals surface area contributed by atoms with Crippen LogP contribution < -0.4 is 4.74 Å². The molecule has 1 aromatic heterocycles. The topological polar surface area (TPSA) is 49.9 Å². The van der Waals surface area contributed by atoms with Gasteiger partial charge in [0.05, 0.1) is 13.5 Å². The number of rotatable bonds is 6. The number of nitrogens with zero attached hydrogens (tertiary/aromatic N) is 2. The summed E-state index contributed by atoms with van der Waals surface area (Å²) < 4.78 is 5.36. The van der Waals surface area contributed by atoms with Crippen LogP contribution in [0.15, 0.2) is 35.7 Å². The molecule has 1 unspecified atom stereocenters. The molecule has 7 heteroatoms. The summed E-state index contributed by atoms with van der Waals surface area (Å²) in [7, 11) is 3.35. The second-order valence-electron chi connectivity index (χ2n) is 6.65. The average Bonchev–Trinajstić information content (AvgIpc) is 3.32. The van der Waals surface area contributed by atoms with Crippen molar-refractivity contribution in [2.75, 3.05) is 20.7 Å². The highest BCUT2D eigenvalue weighted by Crippen LogP contribution is 2.26. The largest absolute Gasteiger partial charge is 0.496 e. The third-order valence-corrected chi connectivity index (χ3v) is 5.90. The molecule has 1 aliphatic rings. The number of amides is 2. The second kappa shape index (κ2) is 8.76. The van der Waals surface area contributed by atoms with Crippen LogP contribution in [0.1, 0.15) is 23.3 Å². The maximum Gasteiger partial charge on any atom is 0.245 e. The van der Waals surface area contributed by atoms with E-state index in [0.717, 1.165) is 16.9 Å². The highest BCUT2D eigenvalue weighted by atomic mass is 35.5. The molecule has 1 fully saturated rings. The lowest BCUT2D eigenvalue weighted by molar-refractivity contribution is -0.143. The number of thiophene rings is 1. The molecule has 144 valence electrons. The van der Waals surface area contributed by atoms with Crippen LogP contribution in [0.2, 0.25) is 5.02 Å². The van der Waals surface area contributed by atoms with Crippen molar-refractivity contribution in [3.8, 4) is 5.75 Å². The van der Waals surface area contributed by atoms with Crippen molar-refractivity contribution in [1.82, 2.24) is 9.80 Å². The summed E-state index contributed by atoms with van der Waals surface area (Å²) in [6, 6.07) is 8.85. The van der Waals surface area contributed by atoms with Gasteiger partial charge in [0.25, 0.3) is 0 Å².